The average Bonchev–Trinajstić information content (AvgIpc) is 3.36. The maximum Gasteiger partial charge on any atom is 0.187 e. The van der Waals surface area contributed by atoms with E-state index in [4.69, 9.17) is 56.8 Å². The smallest absolute Gasteiger partial charge is 0.187 e. The lowest BCUT2D eigenvalue weighted by atomic mass is 9.96. The van der Waals surface area contributed by atoms with Gasteiger partial charge in [0.2, 0.25) is 0 Å². The second-order valence-electron chi connectivity index (χ2n) is 18.0. The lowest BCUT2D eigenvalue weighted by molar-refractivity contribution is -0.379. The highest BCUT2D eigenvalue weighted by atomic mass is 16.8. The number of aliphatic hydroxyl groups is 21. The summed E-state index contributed by atoms with van der Waals surface area (Å²) in [6, 6.07) is 0. The van der Waals surface area contributed by atoms with Crippen LogP contribution in [0.3, 0.4) is 0 Å². The molecule has 6 fully saturated rings. The van der Waals surface area contributed by atoms with Gasteiger partial charge in [-0.25, -0.2) is 0 Å². The molecule has 6 rings (SSSR count). The Bertz CT molecular complexity index is 1490. The Labute approximate surface area is 407 Å². The summed E-state index contributed by atoms with van der Waals surface area (Å²) in [5.74, 6) is 0. The third-order valence-corrected chi connectivity index (χ3v) is 13.0. The molecule has 6 aliphatic rings. The molecule has 0 saturated carbocycles. The molecule has 33 heteroatoms. The molecular weight excluding hydrogens is 996 g/mol. The maximum absolute atomic E-state index is 11.3. The van der Waals surface area contributed by atoms with E-state index in [1.54, 1.807) is 0 Å². The minimum absolute atomic E-state index is 0.678. The van der Waals surface area contributed by atoms with Gasteiger partial charge in [-0.3, -0.25) is 0 Å². The van der Waals surface area contributed by atoms with Gasteiger partial charge in [-0.1, -0.05) is 0 Å². The van der Waals surface area contributed by atoms with E-state index in [0.29, 0.717) is 0 Å². The van der Waals surface area contributed by atoms with Crippen LogP contribution >= 0.6 is 0 Å². The van der Waals surface area contributed by atoms with Crippen molar-refractivity contribution in [2.24, 2.45) is 0 Å². The van der Waals surface area contributed by atoms with E-state index in [2.05, 4.69) is 0 Å². The third-order valence-electron chi connectivity index (χ3n) is 13.0. The summed E-state index contributed by atoms with van der Waals surface area (Å²) >= 11 is 0. The SMILES string of the molecule is OC[C@H]1O[C@H](O[C@H]2[C@H](O)[C@@H](O)[C@@H](O[C@H]3[C@H](O)[C@@H](O)[C@@H](O)O[C@@H]3CO)O[C@@H]2COCC(O)COC[C@H]2O[C@H](O[C@H]3[C@H](O)[C@@H](O)[C@@H](O)O[C@@H]3CO)[C@H](O)[C@@H](O)[C@@H]2O[C@H]2O[C@H](CO)[C@@H](O)[C@H](O)[C@H]2O)[C@H](O)[C@@H](O)[C@@H]1O. The van der Waals surface area contributed by atoms with Crippen LogP contribution in [0.5, 0.6) is 0 Å². The largest absolute Gasteiger partial charge is 0.394 e. The molecule has 0 aromatic rings. The zero-order valence-corrected chi connectivity index (χ0v) is 37.8. The van der Waals surface area contributed by atoms with Crippen molar-refractivity contribution in [3.63, 3.8) is 0 Å². The Hall–Kier alpha value is -1.32. The molecule has 0 unspecified atom stereocenters. The molecule has 0 amide bonds. The topological polar surface area (TPSA) is 536 Å². The predicted octanol–water partition coefficient (Wildman–Crippen LogP) is -14.7. The molecule has 0 aromatic heterocycles. The van der Waals surface area contributed by atoms with Crippen molar-refractivity contribution in [3.8, 4) is 0 Å². The lowest BCUT2D eigenvalue weighted by Gasteiger charge is -2.48. The van der Waals surface area contributed by atoms with Gasteiger partial charge in [-0.05, 0) is 0 Å². The molecule has 0 aromatic carbocycles. The molecular formula is C39H68O33. The van der Waals surface area contributed by atoms with E-state index in [1.165, 1.54) is 0 Å². The fourth-order valence-corrected chi connectivity index (χ4v) is 8.78. The Morgan fingerprint density at radius 2 is 0.556 bits per heavy atom. The van der Waals surface area contributed by atoms with E-state index < -0.39 is 243 Å². The van der Waals surface area contributed by atoms with Crippen molar-refractivity contribution in [1.82, 2.24) is 0 Å². The minimum atomic E-state index is -2.12. The van der Waals surface area contributed by atoms with Crippen LogP contribution in [-0.2, 0) is 56.8 Å². The lowest BCUT2D eigenvalue weighted by Crippen LogP contribution is -2.66. The maximum atomic E-state index is 11.3. The Morgan fingerprint density at radius 1 is 0.292 bits per heavy atom. The molecule has 33 nitrogen and oxygen atoms in total. The van der Waals surface area contributed by atoms with E-state index in [9.17, 15) is 107 Å². The van der Waals surface area contributed by atoms with Crippen LogP contribution in [0.25, 0.3) is 0 Å². The molecule has 0 aliphatic carbocycles. The van der Waals surface area contributed by atoms with Gasteiger partial charge in [0.05, 0.1) is 52.9 Å². The molecule has 0 bridgehead atoms. The fraction of sp³-hybridized carbons (Fsp3) is 1.00. The van der Waals surface area contributed by atoms with Crippen LogP contribution in [0.1, 0.15) is 0 Å². The predicted molar refractivity (Wildman–Crippen MR) is 216 cm³/mol. The van der Waals surface area contributed by atoms with Gasteiger partial charge < -0.3 is 164 Å². The van der Waals surface area contributed by atoms with Crippen molar-refractivity contribution in [2.75, 3.05) is 52.9 Å². The summed E-state index contributed by atoms with van der Waals surface area (Å²) in [6.07, 6.45) is -57.7. The highest BCUT2D eigenvalue weighted by molar-refractivity contribution is 4.99. The molecule has 21 N–H and O–H groups in total. The first-order valence-corrected chi connectivity index (χ1v) is 22.8. The number of rotatable bonds is 20. The van der Waals surface area contributed by atoms with E-state index in [-0.39, 0.29) is 0 Å². The van der Waals surface area contributed by atoms with Gasteiger partial charge >= 0.3 is 0 Å². The van der Waals surface area contributed by atoms with E-state index in [0.717, 1.165) is 0 Å². The van der Waals surface area contributed by atoms with Gasteiger partial charge in [0, 0.05) is 0 Å². The van der Waals surface area contributed by atoms with Gasteiger partial charge in [-0.15, -0.1) is 0 Å². The number of ether oxygens (including phenoxy) is 12. The summed E-state index contributed by atoms with van der Waals surface area (Å²) in [5, 5.41) is 219. The summed E-state index contributed by atoms with van der Waals surface area (Å²) in [6.45, 7) is -6.36. The monoisotopic (exact) mass is 1060 g/mol. The molecule has 0 spiro atoms. The highest BCUT2D eigenvalue weighted by Gasteiger charge is 2.56. The van der Waals surface area contributed by atoms with Gasteiger partial charge in [-0.2, -0.15) is 0 Å². The summed E-state index contributed by atoms with van der Waals surface area (Å²) in [4.78, 5) is 0. The minimum Gasteiger partial charge on any atom is -0.394 e. The first kappa shape index (κ1) is 59.9. The molecule has 422 valence electrons. The van der Waals surface area contributed by atoms with Crippen molar-refractivity contribution >= 4 is 0 Å². The van der Waals surface area contributed by atoms with Crippen LogP contribution in [0.4, 0.5) is 0 Å². The average molecular weight is 1060 g/mol. The van der Waals surface area contributed by atoms with Crippen LogP contribution in [-0.4, -0.2) is 350 Å². The molecule has 30 atom stereocenters. The molecule has 6 saturated heterocycles. The van der Waals surface area contributed by atoms with Gasteiger partial charge in [0.15, 0.2) is 37.7 Å². The number of aliphatic hydroxyl groups excluding tert-OH is 21. The number of hydrogen-bond donors (Lipinski definition) is 21. The van der Waals surface area contributed by atoms with E-state index >= 15 is 0 Å². The zero-order valence-electron chi connectivity index (χ0n) is 37.8. The second kappa shape index (κ2) is 26.4. The van der Waals surface area contributed by atoms with Gasteiger partial charge in [0.25, 0.3) is 0 Å². The normalized spacial score (nSPS) is 51.0. The zero-order chi connectivity index (χ0) is 53.0. The van der Waals surface area contributed by atoms with Crippen molar-refractivity contribution < 1.29 is 164 Å². The van der Waals surface area contributed by atoms with Crippen molar-refractivity contribution in [3.05, 3.63) is 0 Å². The summed E-state index contributed by atoms with van der Waals surface area (Å²) in [7, 11) is 0. The van der Waals surface area contributed by atoms with Crippen LogP contribution in [0, 0.1) is 0 Å². The Morgan fingerprint density at radius 3 is 0.861 bits per heavy atom. The summed E-state index contributed by atoms with van der Waals surface area (Å²) < 4.78 is 66.5. The van der Waals surface area contributed by atoms with Crippen LogP contribution in [0.2, 0.25) is 0 Å². The van der Waals surface area contributed by atoms with Crippen LogP contribution < -0.4 is 0 Å². The Kier molecular flexibility index (Phi) is 21.9. The second-order valence-corrected chi connectivity index (χ2v) is 18.0. The quantitative estimate of drug-likeness (QED) is 0.0538. The standard InChI is InChI=1S/C39H68O33/c40-1-10-16(45)18(47)26(55)36(65-10)71-32-14(67-38(28(57)22(32)51)69-30-12(3-42)63-34(59)24(53)20(30)49)7-61-5-9(44)6-62-8-15-33(72-37-27(56)19(48)17(46)11(2-41)66-37)23(52)29(58)39(68-15)70-31-13(4-43)64-35(60)25(54)21(31)50/h9-60H,1-8H2/t10-,11-,12-,13-,14-,15-,16-,17-,18+,19+,20-,21-,22-,23-,24-,25-,26-,27-,28-,29-,30-,31-,32-,33-,34+,35+,36-,37-,38-,39-/m1/s1. The van der Waals surface area contributed by atoms with Gasteiger partial charge in [0.1, 0.15) is 153 Å². The first-order chi connectivity index (χ1) is 34.1. The molecule has 0 radical (unpaired) electrons. The van der Waals surface area contributed by atoms with Crippen molar-refractivity contribution in [2.45, 2.75) is 190 Å². The molecule has 6 aliphatic heterocycles. The summed E-state index contributed by atoms with van der Waals surface area (Å²) in [5.41, 5.74) is 0. The third kappa shape index (κ3) is 13.1. The highest BCUT2D eigenvalue weighted by Crippen LogP contribution is 2.35. The molecule has 6 heterocycles. The fourth-order valence-electron chi connectivity index (χ4n) is 8.78. The first-order valence-electron chi connectivity index (χ1n) is 22.8. The Balaban J connectivity index is 1.14. The molecule has 72 heavy (non-hydrogen) atoms. The van der Waals surface area contributed by atoms with E-state index in [1.807, 2.05) is 0 Å². The number of hydrogen-bond acceptors (Lipinski definition) is 33. The van der Waals surface area contributed by atoms with Crippen molar-refractivity contribution in [1.29, 1.82) is 0 Å². The van der Waals surface area contributed by atoms with Crippen LogP contribution in [0.15, 0.2) is 0 Å².